The second-order valence-electron chi connectivity index (χ2n) is 5.76. The molecule has 0 spiro atoms. The summed E-state index contributed by atoms with van der Waals surface area (Å²) < 4.78 is 5.11. The van der Waals surface area contributed by atoms with Gasteiger partial charge in [0.25, 0.3) is 0 Å². The third-order valence-electron chi connectivity index (χ3n) is 4.09. The minimum Gasteiger partial charge on any atom is -0.481 e. The number of ether oxygens (including phenoxy) is 1. The summed E-state index contributed by atoms with van der Waals surface area (Å²) in [5, 5.41) is 0.141. The summed E-state index contributed by atoms with van der Waals surface area (Å²) in [6.45, 7) is 4.64. The lowest BCUT2D eigenvalue weighted by atomic mass is 9.79. The van der Waals surface area contributed by atoms with Gasteiger partial charge in [0.15, 0.2) is 0 Å². The summed E-state index contributed by atoms with van der Waals surface area (Å²) in [6.07, 6.45) is 6.11. The van der Waals surface area contributed by atoms with E-state index in [1.54, 1.807) is 7.11 Å². The van der Waals surface area contributed by atoms with Gasteiger partial charge in [-0.25, -0.2) is 9.97 Å². The molecule has 2 unspecified atom stereocenters. The Balaban J connectivity index is 2.04. The van der Waals surface area contributed by atoms with Crippen LogP contribution < -0.4 is 4.74 Å². The van der Waals surface area contributed by atoms with Crippen molar-refractivity contribution in [2.75, 3.05) is 7.11 Å². The normalized spacial score (nSPS) is 23.9. The lowest BCUT2D eigenvalue weighted by Gasteiger charge is -2.30. The van der Waals surface area contributed by atoms with Gasteiger partial charge >= 0.3 is 0 Å². The number of hydrogen-bond acceptors (Lipinski definition) is 3. The molecule has 18 heavy (non-hydrogen) atoms. The predicted octanol–water partition coefficient (Wildman–Crippen LogP) is 3.46. The van der Waals surface area contributed by atoms with Gasteiger partial charge in [-0.15, -0.1) is 11.6 Å². The molecule has 3 nitrogen and oxygen atoms in total. The zero-order valence-electron chi connectivity index (χ0n) is 11.3. The number of rotatable bonds is 4. The average molecular weight is 269 g/mol. The van der Waals surface area contributed by atoms with Gasteiger partial charge in [-0.3, -0.25) is 0 Å². The Labute approximate surface area is 114 Å². The third-order valence-corrected chi connectivity index (χ3v) is 4.55. The van der Waals surface area contributed by atoms with Gasteiger partial charge in [0.1, 0.15) is 6.33 Å². The molecule has 0 saturated heterocycles. The Kier molecular flexibility index (Phi) is 4.10. The van der Waals surface area contributed by atoms with Crippen molar-refractivity contribution >= 4 is 11.6 Å². The van der Waals surface area contributed by atoms with Crippen LogP contribution in [0.15, 0.2) is 12.4 Å². The van der Waals surface area contributed by atoms with E-state index in [-0.39, 0.29) is 5.38 Å². The topological polar surface area (TPSA) is 35.0 Å². The molecule has 4 heteroatoms. The summed E-state index contributed by atoms with van der Waals surface area (Å²) >= 11 is 6.60. The molecule has 2 rings (SSSR count). The van der Waals surface area contributed by atoms with E-state index in [9.17, 15) is 0 Å². The minimum atomic E-state index is 0.141. The van der Waals surface area contributed by atoms with Crippen LogP contribution in [0.4, 0.5) is 0 Å². The Bertz CT molecular complexity index is 409. The standard InChI is InChI=1S/C14H21ClN2O/c1-14(2)6-4-5-11(14)12(15)7-10-8-13(18-3)17-9-16-10/h8-9,11-12H,4-7H2,1-3H3. The SMILES string of the molecule is COc1cc(CC(Cl)C2CCCC2(C)C)ncn1. The average Bonchev–Trinajstić information content (AvgIpc) is 2.69. The fourth-order valence-electron chi connectivity index (χ4n) is 2.97. The third kappa shape index (κ3) is 2.94. The summed E-state index contributed by atoms with van der Waals surface area (Å²) in [7, 11) is 1.62. The van der Waals surface area contributed by atoms with Crippen LogP contribution in [0.1, 0.15) is 38.8 Å². The number of methoxy groups -OCH3 is 1. The Morgan fingerprint density at radius 3 is 2.89 bits per heavy atom. The van der Waals surface area contributed by atoms with Crippen LogP contribution in [0.2, 0.25) is 0 Å². The molecule has 1 aromatic heterocycles. The zero-order chi connectivity index (χ0) is 13.2. The van der Waals surface area contributed by atoms with E-state index < -0.39 is 0 Å². The first-order valence-corrected chi connectivity index (χ1v) is 6.95. The largest absolute Gasteiger partial charge is 0.481 e. The lowest BCUT2D eigenvalue weighted by Crippen LogP contribution is -2.27. The molecular formula is C14H21ClN2O. The molecule has 1 aliphatic rings. The number of hydrogen-bond donors (Lipinski definition) is 0. The smallest absolute Gasteiger partial charge is 0.216 e. The first kappa shape index (κ1) is 13.6. The van der Waals surface area contributed by atoms with Gasteiger partial charge in [-0.1, -0.05) is 20.3 Å². The zero-order valence-corrected chi connectivity index (χ0v) is 12.1. The van der Waals surface area contributed by atoms with Crippen molar-refractivity contribution in [3.8, 4) is 5.88 Å². The van der Waals surface area contributed by atoms with Crippen LogP contribution in [0, 0.1) is 11.3 Å². The molecule has 100 valence electrons. The van der Waals surface area contributed by atoms with Crippen molar-refractivity contribution < 1.29 is 4.74 Å². The van der Waals surface area contributed by atoms with Crippen molar-refractivity contribution in [2.24, 2.45) is 11.3 Å². The Morgan fingerprint density at radius 2 is 2.28 bits per heavy atom. The molecule has 0 N–H and O–H groups in total. The summed E-state index contributed by atoms with van der Waals surface area (Å²) in [5.74, 6) is 1.18. The van der Waals surface area contributed by atoms with Gasteiger partial charge in [-0.2, -0.15) is 0 Å². The first-order valence-electron chi connectivity index (χ1n) is 6.52. The molecule has 1 aromatic rings. The van der Waals surface area contributed by atoms with Crippen LogP contribution in [0.5, 0.6) is 5.88 Å². The van der Waals surface area contributed by atoms with Crippen molar-refractivity contribution in [3.63, 3.8) is 0 Å². The highest BCUT2D eigenvalue weighted by atomic mass is 35.5. The Hall–Kier alpha value is -0.830. The molecule has 0 radical (unpaired) electrons. The number of aromatic nitrogens is 2. The van der Waals surface area contributed by atoms with Gasteiger partial charge in [0, 0.05) is 23.6 Å². The number of halogens is 1. The molecule has 2 atom stereocenters. The first-order chi connectivity index (χ1) is 8.53. The van der Waals surface area contributed by atoms with Crippen LogP contribution in [-0.4, -0.2) is 22.5 Å². The van der Waals surface area contributed by atoms with Crippen molar-refractivity contribution in [1.29, 1.82) is 0 Å². The van der Waals surface area contributed by atoms with Crippen LogP contribution in [-0.2, 0) is 6.42 Å². The molecular weight excluding hydrogens is 248 g/mol. The van der Waals surface area contributed by atoms with E-state index in [1.165, 1.54) is 25.6 Å². The van der Waals surface area contributed by atoms with Crippen molar-refractivity contribution in [3.05, 3.63) is 18.1 Å². The van der Waals surface area contributed by atoms with Gasteiger partial charge in [0.05, 0.1) is 7.11 Å². The van der Waals surface area contributed by atoms with Crippen molar-refractivity contribution in [2.45, 2.75) is 44.9 Å². The van der Waals surface area contributed by atoms with Crippen molar-refractivity contribution in [1.82, 2.24) is 9.97 Å². The molecule has 0 bridgehead atoms. The van der Waals surface area contributed by atoms with Crippen LogP contribution >= 0.6 is 11.6 Å². The summed E-state index contributed by atoms with van der Waals surface area (Å²) in [5.41, 5.74) is 1.31. The molecule has 1 aliphatic carbocycles. The summed E-state index contributed by atoms with van der Waals surface area (Å²) in [6, 6.07) is 1.87. The van der Waals surface area contributed by atoms with Crippen LogP contribution in [0.25, 0.3) is 0 Å². The fourth-order valence-corrected chi connectivity index (χ4v) is 3.59. The van der Waals surface area contributed by atoms with E-state index in [0.29, 0.717) is 17.2 Å². The highest BCUT2D eigenvalue weighted by Crippen LogP contribution is 2.46. The lowest BCUT2D eigenvalue weighted by molar-refractivity contribution is 0.249. The van der Waals surface area contributed by atoms with E-state index in [1.807, 2.05) is 6.07 Å². The highest BCUT2D eigenvalue weighted by Gasteiger charge is 2.38. The van der Waals surface area contributed by atoms with E-state index >= 15 is 0 Å². The molecule has 1 fully saturated rings. The molecule has 0 aliphatic heterocycles. The second-order valence-corrected chi connectivity index (χ2v) is 6.32. The summed E-state index contributed by atoms with van der Waals surface area (Å²) in [4.78, 5) is 8.29. The predicted molar refractivity (Wildman–Crippen MR) is 73.1 cm³/mol. The molecule has 1 saturated carbocycles. The second kappa shape index (κ2) is 5.43. The van der Waals surface area contributed by atoms with E-state index in [2.05, 4.69) is 23.8 Å². The van der Waals surface area contributed by atoms with Gasteiger partial charge in [-0.05, 0) is 24.2 Å². The highest BCUT2D eigenvalue weighted by molar-refractivity contribution is 6.21. The number of nitrogens with zero attached hydrogens (tertiary/aromatic N) is 2. The Morgan fingerprint density at radius 1 is 1.50 bits per heavy atom. The maximum absolute atomic E-state index is 6.60. The molecule has 0 aromatic carbocycles. The minimum absolute atomic E-state index is 0.141. The van der Waals surface area contributed by atoms with E-state index in [0.717, 1.165) is 12.1 Å². The quantitative estimate of drug-likeness (QED) is 0.785. The van der Waals surface area contributed by atoms with Crippen LogP contribution in [0.3, 0.4) is 0 Å². The van der Waals surface area contributed by atoms with Gasteiger partial charge < -0.3 is 4.74 Å². The maximum atomic E-state index is 6.60. The number of alkyl halides is 1. The molecule has 1 heterocycles. The van der Waals surface area contributed by atoms with Gasteiger partial charge in [0.2, 0.25) is 5.88 Å². The molecule has 0 amide bonds. The van der Waals surface area contributed by atoms with E-state index in [4.69, 9.17) is 16.3 Å². The monoisotopic (exact) mass is 268 g/mol. The fraction of sp³-hybridized carbons (Fsp3) is 0.714. The maximum Gasteiger partial charge on any atom is 0.216 e.